The molecule has 4 aromatic rings. The molecule has 0 radical (unpaired) electrons. The third-order valence-electron chi connectivity index (χ3n) is 6.41. The minimum absolute atomic E-state index is 0.0483. The summed E-state index contributed by atoms with van der Waals surface area (Å²) in [5.74, 6) is -0.0641. The number of halogens is 7. The minimum atomic E-state index is -4.74. The third kappa shape index (κ3) is 7.27. The summed E-state index contributed by atoms with van der Waals surface area (Å²) in [6.45, 7) is 0.576. The molecule has 1 fully saturated rings. The van der Waals surface area contributed by atoms with E-state index in [2.05, 4.69) is 15.1 Å². The van der Waals surface area contributed by atoms with Crippen LogP contribution in [-0.4, -0.2) is 24.7 Å². The maximum Gasteiger partial charge on any atom is 0.423 e. The number of benzene rings is 1. The first-order valence-corrected chi connectivity index (χ1v) is 12.4. The highest BCUT2D eigenvalue weighted by Crippen LogP contribution is 2.34. The Kier molecular flexibility index (Phi) is 8.44. The van der Waals surface area contributed by atoms with Crippen LogP contribution in [0.3, 0.4) is 0 Å². The molecule has 0 unspecified atom stereocenters. The van der Waals surface area contributed by atoms with Gasteiger partial charge >= 0.3 is 12.4 Å². The molecule has 1 aliphatic carbocycles. The zero-order chi connectivity index (χ0) is 29.9. The number of alkyl halides is 6. The maximum atomic E-state index is 14.6. The molecule has 0 spiro atoms. The monoisotopic (exact) mass is 584 g/mol. The first-order valence-electron chi connectivity index (χ1n) is 12.4. The average molecular weight is 584 g/mol. The molecule has 0 aliphatic heterocycles. The molecule has 1 saturated carbocycles. The molecule has 0 saturated heterocycles. The van der Waals surface area contributed by atoms with Gasteiger partial charge in [0.25, 0.3) is 11.1 Å². The van der Waals surface area contributed by atoms with Gasteiger partial charge in [0.05, 0.1) is 28.4 Å². The number of hydrogen-bond acceptors (Lipinski definition) is 6. The number of hydrogen-bond donors (Lipinski definition) is 2. The summed E-state index contributed by atoms with van der Waals surface area (Å²) < 4.78 is 90.1. The second-order valence-electron chi connectivity index (χ2n) is 9.49. The molecule has 15 heteroatoms. The molecule has 3 aromatic heterocycles. The molecule has 1 aromatic carbocycles. The van der Waals surface area contributed by atoms with Gasteiger partial charge in [-0.25, -0.2) is 19.5 Å². The fourth-order valence-electron chi connectivity index (χ4n) is 4.09. The van der Waals surface area contributed by atoms with E-state index in [0.29, 0.717) is 24.3 Å². The molecule has 0 atom stereocenters. The van der Waals surface area contributed by atoms with E-state index >= 15 is 0 Å². The van der Waals surface area contributed by atoms with E-state index in [1.54, 1.807) is 21.9 Å². The lowest BCUT2D eigenvalue weighted by Crippen LogP contribution is -2.24. The number of rotatable bonds is 6. The van der Waals surface area contributed by atoms with Crippen LogP contribution in [0.1, 0.15) is 43.2 Å². The molecular formula is C26H23F7N6O2. The van der Waals surface area contributed by atoms with Crippen molar-refractivity contribution in [3.63, 3.8) is 0 Å². The molecule has 8 nitrogen and oxygen atoms in total. The second kappa shape index (κ2) is 11.7. The second-order valence-corrected chi connectivity index (χ2v) is 9.49. The number of fused-ring (bicyclic) bond motifs is 1. The zero-order valence-electron chi connectivity index (χ0n) is 21.2. The Morgan fingerprint density at radius 2 is 1.66 bits per heavy atom. The lowest BCUT2D eigenvalue weighted by atomic mass is 10.1. The minimum Gasteiger partial charge on any atom is -0.397 e. The molecule has 3 N–H and O–H groups in total. The van der Waals surface area contributed by atoms with Crippen molar-refractivity contribution in [2.75, 3.05) is 5.73 Å². The van der Waals surface area contributed by atoms with Crippen LogP contribution in [0.4, 0.5) is 36.4 Å². The van der Waals surface area contributed by atoms with Crippen LogP contribution in [0.5, 0.6) is 0 Å². The Balaban J connectivity index is 0.000000271. The van der Waals surface area contributed by atoms with Crippen LogP contribution in [-0.2, 0) is 18.9 Å². The Labute approximate surface area is 227 Å². The van der Waals surface area contributed by atoms with Crippen LogP contribution in [0, 0.1) is 11.7 Å². The van der Waals surface area contributed by atoms with E-state index in [4.69, 9.17) is 5.73 Å². The van der Waals surface area contributed by atoms with Crippen molar-refractivity contribution < 1.29 is 30.7 Å². The van der Waals surface area contributed by atoms with Gasteiger partial charge < -0.3 is 10.3 Å². The van der Waals surface area contributed by atoms with E-state index in [-0.39, 0.29) is 22.3 Å². The smallest absolute Gasteiger partial charge is 0.397 e. The number of unbranched alkanes of at least 4 members (excludes halogenated alkanes) is 1. The van der Waals surface area contributed by atoms with Crippen LogP contribution >= 0.6 is 0 Å². The van der Waals surface area contributed by atoms with Gasteiger partial charge in [-0.15, -0.1) is 0 Å². The van der Waals surface area contributed by atoms with Gasteiger partial charge in [0.1, 0.15) is 11.4 Å². The number of nitrogens with zero attached hydrogens (tertiary/aromatic N) is 4. The Morgan fingerprint density at radius 3 is 2.22 bits per heavy atom. The van der Waals surface area contributed by atoms with Crippen molar-refractivity contribution in [1.29, 1.82) is 0 Å². The van der Waals surface area contributed by atoms with Crippen molar-refractivity contribution in [2.24, 2.45) is 5.92 Å². The number of pyridine rings is 1. The molecule has 218 valence electrons. The topological polar surface area (TPSA) is 120 Å². The number of nitrogen functional groups attached to an aromatic ring is 1. The number of anilines is 1. The number of nitrogens with two attached hydrogens (primary N) is 1. The Hall–Kier alpha value is -4.30. The number of aromatic nitrogens is 5. The number of aryl methyl sites for hydroxylation is 1. The Bertz CT molecular complexity index is 1640. The summed E-state index contributed by atoms with van der Waals surface area (Å²) in [5.41, 5.74) is 0.154. The lowest BCUT2D eigenvalue weighted by molar-refractivity contribution is -0.138. The van der Waals surface area contributed by atoms with Crippen LogP contribution in [0.25, 0.3) is 22.2 Å². The van der Waals surface area contributed by atoms with Gasteiger partial charge in [0.2, 0.25) is 0 Å². The molecule has 5 rings (SSSR count). The lowest BCUT2D eigenvalue weighted by Gasteiger charge is -2.10. The molecule has 3 heterocycles. The molecular weight excluding hydrogens is 561 g/mol. The van der Waals surface area contributed by atoms with E-state index in [1.807, 2.05) is 0 Å². The molecule has 0 amide bonds. The molecule has 0 bridgehead atoms. The number of aromatic amines is 1. The van der Waals surface area contributed by atoms with Crippen LogP contribution in [0.15, 0.2) is 52.6 Å². The van der Waals surface area contributed by atoms with E-state index < -0.39 is 40.5 Å². The van der Waals surface area contributed by atoms with E-state index in [9.17, 15) is 40.3 Å². The highest BCUT2D eigenvalue weighted by molar-refractivity contribution is 5.85. The predicted molar refractivity (Wildman–Crippen MR) is 135 cm³/mol. The van der Waals surface area contributed by atoms with Gasteiger partial charge in [-0.1, -0.05) is 25.7 Å². The van der Waals surface area contributed by atoms with Crippen molar-refractivity contribution in [3.8, 4) is 11.4 Å². The Morgan fingerprint density at radius 1 is 0.976 bits per heavy atom. The average Bonchev–Trinajstić information content (AvgIpc) is 3.71. The van der Waals surface area contributed by atoms with Crippen LogP contribution < -0.4 is 16.9 Å². The number of H-pyrrole nitrogens is 1. The van der Waals surface area contributed by atoms with Gasteiger partial charge in [-0.2, -0.15) is 31.4 Å². The first-order chi connectivity index (χ1) is 19.3. The van der Waals surface area contributed by atoms with E-state index in [0.717, 1.165) is 31.0 Å². The summed E-state index contributed by atoms with van der Waals surface area (Å²) in [4.78, 5) is 30.5. The predicted octanol–water partition coefficient (Wildman–Crippen LogP) is 5.57. The fraction of sp³-hybridized carbons (Fsp3) is 0.346. The van der Waals surface area contributed by atoms with Crippen molar-refractivity contribution in [3.05, 3.63) is 80.6 Å². The summed E-state index contributed by atoms with van der Waals surface area (Å²) in [6, 6.07) is 4.20. The van der Waals surface area contributed by atoms with Gasteiger partial charge in [0.15, 0.2) is 5.82 Å². The summed E-state index contributed by atoms with van der Waals surface area (Å²) in [7, 11) is 0. The van der Waals surface area contributed by atoms with Crippen molar-refractivity contribution >= 4 is 16.5 Å². The standard InChI is InChI=1S/C21H19F4N3O.C5H4F3N3O/c22-18-10-16-14(6-8-28(20(16)29)7-2-1-3-13-4-5-13)9-17(18)19-26-11-15(12-27-19)21(23,24)25;6-5(7,8)3-2(9)1-10-11-4(3)12/h6,8-13H,1-5,7H2;1H,(H3,9,11,12). The maximum absolute atomic E-state index is 14.6. The molecule has 1 aliphatic rings. The van der Waals surface area contributed by atoms with Crippen molar-refractivity contribution in [1.82, 2.24) is 24.7 Å². The largest absolute Gasteiger partial charge is 0.423 e. The van der Waals surface area contributed by atoms with Gasteiger partial charge in [-0.3, -0.25) is 9.59 Å². The highest BCUT2D eigenvalue weighted by atomic mass is 19.4. The fourth-order valence-corrected chi connectivity index (χ4v) is 4.09. The first kappa shape index (κ1) is 29.7. The van der Waals surface area contributed by atoms with Crippen LogP contribution in [0.2, 0.25) is 0 Å². The summed E-state index contributed by atoms with van der Waals surface area (Å²) >= 11 is 0. The normalized spacial score (nSPS) is 13.6. The quantitative estimate of drug-likeness (QED) is 0.226. The van der Waals surface area contributed by atoms with Crippen molar-refractivity contribution in [2.45, 2.75) is 51.0 Å². The molecule has 41 heavy (non-hydrogen) atoms. The number of nitrogens with one attached hydrogen (secondary N) is 1. The highest BCUT2D eigenvalue weighted by Gasteiger charge is 2.36. The summed E-state index contributed by atoms with van der Waals surface area (Å²) in [6.07, 6.45) is 0.0900. The van der Waals surface area contributed by atoms with Gasteiger partial charge in [-0.05, 0) is 35.9 Å². The van der Waals surface area contributed by atoms with Gasteiger partial charge in [0, 0.05) is 25.1 Å². The zero-order valence-corrected chi connectivity index (χ0v) is 21.2. The summed E-state index contributed by atoms with van der Waals surface area (Å²) in [5, 5.41) is 5.45. The third-order valence-corrected chi connectivity index (χ3v) is 6.41. The SMILES string of the molecule is Nc1cn[nH]c(=O)c1C(F)(F)F.O=c1c2cc(F)c(-c3ncc(C(F)(F)F)cn3)cc2ccn1CCCCC1CC1. The van der Waals surface area contributed by atoms with E-state index in [1.165, 1.54) is 25.3 Å².